The summed E-state index contributed by atoms with van der Waals surface area (Å²) in [5.74, 6) is -0.453. The van der Waals surface area contributed by atoms with E-state index in [0.29, 0.717) is 0 Å². The van der Waals surface area contributed by atoms with Crippen LogP contribution in [0.4, 0.5) is 0 Å². The van der Waals surface area contributed by atoms with E-state index in [1.165, 1.54) is 70.6 Å². The van der Waals surface area contributed by atoms with Crippen molar-refractivity contribution in [3.8, 4) is 0 Å². The second-order valence-corrected chi connectivity index (χ2v) is 10.5. The number of carbonyl (C=O) groups excluding carboxylic acids is 1. The number of phosphoric ester groups is 1. The molecule has 0 radical (unpaired) electrons. The van der Waals surface area contributed by atoms with E-state index in [4.69, 9.17) is 15.0 Å². The van der Waals surface area contributed by atoms with Crippen molar-refractivity contribution in [2.24, 2.45) is 5.73 Å². The minimum atomic E-state index is -4.26. The molecule has 0 fully saturated rings. The van der Waals surface area contributed by atoms with Crippen LogP contribution in [-0.4, -0.2) is 48.4 Å². The lowest BCUT2D eigenvalue weighted by Gasteiger charge is -2.17. The zero-order chi connectivity index (χ0) is 26.7. The van der Waals surface area contributed by atoms with Gasteiger partial charge in [0.25, 0.3) is 0 Å². The Balaban J connectivity index is 3.56. The van der Waals surface area contributed by atoms with Gasteiger partial charge in [-0.1, -0.05) is 89.0 Å². The molecule has 36 heavy (non-hydrogen) atoms. The lowest BCUT2D eigenvalue weighted by atomic mass is 10.1. The van der Waals surface area contributed by atoms with Crippen LogP contribution in [0, 0.1) is 0 Å². The molecular formula is C27H52NO7P. The molecular weight excluding hydrogens is 481 g/mol. The Hall–Kier alpha value is -1.02. The number of aliphatic hydroxyl groups excluding tert-OH is 1. The number of ether oxygens (including phenoxy) is 1. The summed E-state index contributed by atoms with van der Waals surface area (Å²) in [6.07, 6.45) is 26.0. The number of allylic oxidation sites excluding steroid dienone is 4. The van der Waals surface area contributed by atoms with Crippen LogP contribution >= 0.6 is 7.82 Å². The molecule has 0 heterocycles. The third-order valence-corrected chi connectivity index (χ3v) is 6.61. The first-order valence-electron chi connectivity index (χ1n) is 13.9. The minimum Gasteiger partial charge on any atom is -0.457 e. The average Bonchev–Trinajstić information content (AvgIpc) is 2.86. The molecule has 0 amide bonds. The number of esters is 1. The highest BCUT2D eigenvalue weighted by Gasteiger charge is 2.24. The largest absolute Gasteiger partial charge is 0.472 e. The van der Waals surface area contributed by atoms with Gasteiger partial charge in [0.15, 0.2) is 0 Å². The molecule has 0 aliphatic carbocycles. The molecule has 1 unspecified atom stereocenters. The van der Waals surface area contributed by atoms with Gasteiger partial charge in [-0.15, -0.1) is 0 Å². The second-order valence-electron chi connectivity index (χ2n) is 9.08. The number of aliphatic hydroxyl groups is 1. The third kappa shape index (κ3) is 24.7. The first kappa shape index (κ1) is 35.0. The lowest BCUT2D eigenvalue weighted by Crippen LogP contribution is -2.27. The minimum absolute atomic E-state index is 0.0713. The predicted octanol–water partition coefficient (Wildman–Crippen LogP) is 6.36. The molecule has 0 saturated carbocycles. The highest BCUT2D eigenvalue weighted by atomic mass is 31.2. The van der Waals surface area contributed by atoms with Gasteiger partial charge in [0.05, 0.1) is 19.8 Å². The zero-order valence-electron chi connectivity index (χ0n) is 22.5. The molecule has 4 N–H and O–H groups in total. The molecule has 0 bridgehead atoms. The molecule has 2 atom stereocenters. The van der Waals surface area contributed by atoms with Gasteiger partial charge in [-0.25, -0.2) is 4.57 Å². The van der Waals surface area contributed by atoms with Crippen LogP contribution in [0.15, 0.2) is 24.3 Å². The number of rotatable bonds is 26. The summed E-state index contributed by atoms with van der Waals surface area (Å²) in [5.41, 5.74) is 5.20. The van der Waals surface area contributed by atoms with Crippen LogP contribution in [0.2, 0.25) is 0 Å². The van der Waals surface area contributed by atoms with Crippen molar-refractivity contribution in [1.29, 1.82) is 0 Å². The number of nitrogens with two attached hydrogens (primary N) is 1. The van der Waals surface area contributed by atoms with Crippen LogP contribution in [0.1, 0.15) is 110 Å². The summed E-state index contributed by atoms with van der Waals surface area (Å²) in [6, 6.07) is 0. The summed E-state index contributed by atoms with van der Waals surface area (Å²) in [7, 11) is -4.26. The molecule has 0 spiro atoms. The van der Waals surface area contributed by atoms with Crippen molar-refractivity contribution >= 4 is 13.8 Å². The monoisotopic (exact) mass is 533 g/mol. The molecule has 8 nitrogen and oxygen atoms in total. The fraction of sp³-hybridized carbons (Fsp3) is 0.815. The second kappa shape index (κ2) is 25.6. The van der Waals surface area contributed by atoms with Crippen molar-refractivity contribution in [3.63, 3.8) is 0 Å². The molecule has 0 saturated heterocycles. The fourth-order valence-corrected chi connectivity index (χ4v) is 4.30. The van der Waals surface area contributed by atoms with Gasteiger partial charge < -0.3 is 20.5 Å². The standard InChI is InChI=1S/C27H52NO7P/c1-2-3-4-5-6-7-8-9-10-11-12-13-14-15-16-17-18-19-20-21-27(30)35-26(24-29)25-34-36(31,32)33-23-22-28/h6-7,9-10,26,29H,2-5,8,11-25,28H2,1H3,(H,31,32)/t26-/m1/s1. The summed E-state index contributed by atoms with van der Waals surface area (Å²) >= 11 is 0. The van der Waals surface area contributed by atoms with Gasteiger partial charge in [-0.2, -0.15) is 0 Å². The molecule has 9 heteroatoms. The Kier molecular flexibility index (Phi) is 24.9. The summed E-state index contributed by atoms with van der Waals surface area (Å²) < 4.78 is 26.0. The van der Waals surface area contributed by atoms with E-state index in [9.17, 15) is 19.4 Å². The Morgan fingerprint density at radius 3 is 1.97 bits per heavy atom. The van der Waals surface area contributed by atoms with Gasteiger partial charge in [0, 0.05) is 13.0 Å². The molecule has 0 aliphatic heterocycles. The number of unbranched alkanes of at least 4 members (excludes halogenated alkanes) is 12. The molecule has 0 aromatic carbocycles. The topological polar surface area (TPSA) is 128 Å². The van der Waals surface area contributed by atoms with Crippen molar-refractivity contribution in [1.82, 2.24) is 0 Å². The van der Waals surface area contributed by atoms with Crippen LogP contribution in [0.5, 0.6) is 0 Å². The summed E-state index contributed by atoms with van der Waals surface area (Å²) in [6.45, 7) is 1.25. The highest BCUT2D eigenvalue weighted by Crippen LogP contribution is 2.42. The first-order valence-corrected chi connectivity index (χ1v) is 15.4. The smallest absolute Gasteiger partial charge is 0.457 e. The lowest BCUT2D eigenvalue weighted by molar-refractivity contribution is -0.153. The Bertz CT molecular complexity index is 613. The Morgan fingerprint density at radius 2 is 1.42 bits per heavy atom. The molecule has 212 valence electrons. The van der Waals surface area contributed by atoms with Crippen LogP contribution in [-0.2, 0) is 23.1 Å². The quantitative estimate of drug-likeness (QED) is 0.0507. The van der Waals surface area contributed by atoms with Gasteiger partial charge >= 0.3 is 13.8 Å². The van der Waals surface area contributed by atoms with E-state index in [-0.39, 0.29) is 19.6 Å². The highest BCUT2D eigenvalue weighted by molar-refractivity contribution is 7.47. The van der Waals surface area contributed by atoms with Gasteiger partial charge in [-0.05, 0) is 38.5 Å². The third-order valence-electron chi connectivity index (χ3n) is 5.63. The number of phosphoric acid groups is 1. The Morgan fingerprint density at radius 1 is 0.861 bits per heavy atom. The van der Waals surface area contributed by atoms with E-state index in [2.05, 4.69) is 35.8 Å². The van der Waals surface area contributed by atoms with Crippen molar-refractivity contribution < 1.29 is 33.1 Å². The number of carbonyl (C=O) groups is 1. The van der Waals surface area contributed by atoms with E-state index < -0.39 is 33.1 Å². The zero-order valence-corrected chi connectivity index (χ0v) is 23.4. The SMILES string of the molecule is CCCCCC=CCC=CCCCCCCCCCCCC(=O)O[C@H](CO)COP(=O)(O)OCCN. The van der Waals surface area contributed by atoms with Gasteiger partial charge in [0.1, 0.15) is 6.10 Å². The number of hydrogen-bond acceptors (Lipinski definition) is 7. The van der Waals surface area contributed by atoms with Gasteiger partial charge in [-0.3, -0.25) is 13.8 Å². The number of hydrogen-bond donors (Lipinski definition) is 3. The maximum Gasteiger partial charge on any atom is 0.472 e. The van der Waals surface area contributed by atoms with Crippen molar-refractivity contribution in [3.05, 3.63) is 24.3 Å². The molecule has 0 rings (SSSR count). The fourth-order valence-electron chi connectivity index (χ4n) is 3.54. The van der Waals surface area contributed by atoms with Crippen molar-refractivity contribution in [2.75, 3.05) is 26.4 Å². The first-order chi connectivity index (χ1) is 17.4. The molecule has 0 aliphatic rings. The molecule has 0 aromatic heterocycles. The van der Waals surface area contributed by atoms with Gasteiger partial charge in [0.2, 0.25) is 0 Å². The van der Waals surface area contributed by atoms with E-state index >= 15 is 0 Å². The van der Waals surface area contributed by atoms with E-state index in [0.717, 1.165) is 25.7 Å². The van der Waals surface area contributed by atoms with E-state index in [1.54, 1.807) is 0 Å². The van der Waals surface area contributed by atoms with Crippen LogP contribution < -0.4 is 5.73 Å². The maximum absolute atomic E-state index is 11.9. The maximum atomic E-state index is 11.9. The van der Waals surface area contributed by atoms with E-state index in [1.807, 2.05) is 0 Å². The normalized spacial score (nSPS) is 14.4. The van der Waals surface area contributed by atoms with Crippen LogP contribution in [0.3, 0.4) is 0 Å². The Labute approximate surface area is 219 Å². The predicted molar refractivity (Wildman–Crippen MR) is 146 cm³/mol. The summed E-state index contributed by atoms with van der Waals surface area (Å²) in [4.78, 5) is 21.3. The summed E-state index contributed by atoms with van der Waals surface area (Å²) in [5, 5.41) is 9.29. The average molecular weight is 534 g/mol. The van der Waals surface area contributed by atoms with Crippen LogP contribution in [0.25, 0.3) is 0 Å². The molecule has 0 aromatic rings. The van der Waals surface area contributed by atoms with Crippen molar-refractivity contribution in [2.45, 2.75) is 116 Å².